The van der Waals surface area contributed by atoms with Crippen LogP contribution in [0.4, 0.5) is 0 Å². The van der Waals surface area contributed by atoms with Gasteiger partial charge in [0.1, 0.15) is 11.3 Å². The highest BCUT2D eigenvalue weighted by molar-refractivity contribution is 7.89. The first-order valence-electron chi connectivity index (χ1n) is 5.31. The zero-order valence-corrected chi connectivity index (χ0v) is 11.7. The number of phenols is 1. The Kier molecular flexibility index (Phi) is 3.71. The van der Waals surface area contributed by atoms with Crippen LogP contribution >= 0.6 is 11.6 Å². The maximum Gasteiger partial charge on any atom is 0.339 e. The Morgan fingerprint density at radius 3 is 2.52 bits per heavy atom. The number of carboxylic acids is 1. The molecule has 10 heteroatoms. The largest absolute Gasteiger partial charge is 0.507 e. The van der Waals surface area contributed by atoms with Crippen LogP contribution < -0.4 is 5.56 Å². The second-order valence-corrected chi connectivity index (χ2v) is 5.98. The molecule has 0 saturated carbocycles. The average molecular weight is 331 g/mol. The fraction of sp³-hybridized carbons (Fsp3) is 0. The SMILES string of the molecule is O=C(O)c1cc(S(=O)(=O)n2nc(Cl)ccc2=O)ccc1O. The summed E-state index contributed by atoms with van der Waals surface area (Å²) in [7, 11) is -4.43. The molecule has 1 heterocycles. The van der Waals surface area contributed by atoms with Gasteiger partial charge in [0.2, 0.25) is 0 Å². The standard InChI is InChI=1S/C11H7ClN2O6S/c12-9-3-4-10(16)14(13-9)21(19,20)6-1-2-8(15)7(5-6)11(17)18/h1-5,15H,(H,17,18). The van der Waals surface area contributed by atoms with E-state index < -0.39 is 37.8 Å². The van der Waals surface area contributed by atoms with E-state index in [0.29, 0.717) is 0 Å². The van der Waals surface area contributed by atoms with Crippen LogP contribution in [-0.2, 0) is 10.0 Å². The fourth-order valence-corrected chi connectivity index (χ4v) is 2.88. The van der Waals surface area contributed by atoms with Gasteiger partial charge >= 0.3 is 5.97 Å². The quantitative estimate of drug-likeness (QED) is 0.840. The third-order valence-electron chi connectivity index (χ3n) is 2.46. The van der Waals surface area contributed by atoms with Crippen LogP contribution in [0.1, 0.15) is 10.4 Å². The Balaban J connectivity index is 2.70. The van der Waals surface area contributed by atoms with Gasteiger partial charge in [-0.05, 0) is 24.3 Å². The molecule has 1 aromatic heterocycles. The minimum absolute atomic E-state index is 0.146. The van der Waals surface area contributed by atoms with Crippen molar-refractivity contribution >= 4 is 27.6 Å². The van der Waals surface area contributed by atoms with Crippen LogP contribution in [0, 0.1) is 0 Å². The second kappa shape index (κ2) is 5.19. The van der Waals surface area contributed by atoms with Crippen LogP contribution in [0.3, 0.4) is 0 Å². The van der Waals surface area contributed by atoms with Gasteiger partial charge in [-0.3, -0.25) is 4.79 Å². The molecule has 2 rings (SSSR count). The lowest BCUT2D eigenvalue weighted by Crippen LogP contribution is -2.29. The number of aromatic hydroxyl groups is 1. The van der Waals surface area contributed by atoms with Gasteiger partial charge in [0.05, 0.1) is 4.90 Å². The molecule has 2 aromatic rings. The summed E-state index contributed by atoms with van der Waals surface area (Å²) >= 11 is 5.55. The minimum Gasteiger partial charge on any atom is -0.507 e. The first kappa shape index (κ1) is 15.0. The van der Waals surface area contributed by atoms with Crippen molar-refractivity contribution in [3.63, 3.8) is 0 Å². The molecular formula is C11H7ClN2O6S. The Morgan fingerprint density at radius 2 is 1.90 bits per heavy atom. The van der Waals surface area contributed by atoms with E-state index in [0.717, 1.165) is 30.3 Å². The number of hydrogen-bond acceptors (Lipinski definition) is 6. The number of carbonyl (C=O) groups is 1. The van der Waals surface area contributed by atoms with Gasteiger partial charge in [-0.25, -0.2) is 4.79 Å². The number of halogens is 1. The van der Waals surface area contributed by atoms with Gasteiger partial charge in [-0.2, -0.15) is 8.42 Å². The number of aromatic carboxylic acids is 1. The molecule has 0 fully saturated rings. The Labute approximate surface area is 122 Å². The van der Waals surface area contributed by atoms with Crippen molar-refractivity contribution in [2.75, 3.05) is 0 Å². The lowest BCUT2D eigenvalue weighted by molar-refractivity contribution is 0.0693. The first-order valence-corrected chi connectivity index (χ1v) is 7.13. The van der Waals surface area contributed by atoms with E-state index in [-0.39, 0.29) is 9.24 Å². The van der Waals surface area contributed by atoms with Gasteiger partial charge in [0.15, 0.2) is 5.15 Å². The number of aromatic nitrogens is 2. The minimum atomic E-state index is -4.43. The average Bonchev–Trinajstić information content (AvgIpc) is 2.41. The van der Waals surface area contributed by atoms with E-state index in [1.165, 1.54) is 0 Å². The smallest absolute Gasteiger partial charge is 0.339 e. The predicted molar refractivity (Wildman–Crippen MR) is 71.2 cm³/mol. The summed E-state index contributed by atoms with van der Waals surface area (Å²) in [5.74, 6) is -2.12. The molecule has 0 aliphatic carbocycles. The molecule has 0 aliphatic rings. The molecule has 8 nitrogen and oxygen atoms in total. The Hall–Kier alpha value is -2.39. The van der Waals surface area contributed by atoms with E-state index in [1.54, 1.807) is 0 Å². The topological polar surface area (TPSA) is 127 Å². The van der Waals surface area contributed by atoms with Crippen molar-refractivity contribution in [3.05, 3.63) is 51.4 Å². The summed E-state index contributed by atoms with van der Waals surface area (Å²) in [6.07, 6.45) is 0. The summed E-state index contributed by atoms with van der Waals surface area (Å²) in [6, 6.07) is 4.60. The van der Waals surface area contributed by atoms with Crippen molar-refractivity contribution in [2.24, 2.45) is 0 Å². The fourth-order valence-electron chi connectivity index (χ4n) is 1.49. The van der Waals surface area contributed by atoms with Crippen LogP contribution in [0.15, 0.2) is 40.0 Å². The van der Waals surface area contributed by atoms with Crippen molar-refractivity contribution in [2.45, 2.75) is 4.90 Å². The van der Waals surface area contributed by atoms with Crippen LogP contribution in [0.2, 0.25) is 5.15 Å². The molecule has 0 radical (unpaired) electrons. The molecule has 2 N–H and O–H groups in total. The van der Waals surface area contributed by atoms with Crippen molar-refractivity contribution in [1.82, 2.24) is 9.19 Å². The van der Waals surface area contributed by atoms with Crippen LogP contribution in [-0.4, -0.2) is 33.8 Å². The van der Waals surface area contributed by atoms with Crippen LogP contribution in [0.5, 0.6) is 5.75 Å². The highest BCUT2D eigenvalue weighted by Crippen LogP contribution is 2.22. The lowest BCUT2D eigenvalue weighted by Gasteiger charge is -2.07. The third kappa shape index (κ3) is 2.73. The lowest BCUT2D eigenvalue weighted by atomic mass is 10.2. The van der Waals surface area contributed by atoms with E-state index in [4.69, 9.17) is 16.7 Å². The number of nitrogens with zero attached hydrogens (tertiary/aromatic N) is 2. The van der Waals surface area contributed by atoms with Gasteiger partial charge in [0, 0.05) is 6.07 Å². The summed E-state index contributed by atoms with van der Waals surface area (Å²) in [5.41, 5.74) is -1.57. The molecule has 0 amide bonds. The zero-order chi connectivity index (χ0) is 15.8. The van der Waals surface area contributed by atoms with E-state index in [9.17, 15) is 23.1 Å². The van der Waals surface area contributed by atoms with E-state index in [1.807, 2.05) is 0 Å². The number of rotatable bonds is 3. The number of carboxylic acid groups (broad SMARTS) is 1. The van der Waals surface area contributed by atoms with Crippen molar-refractivity contribution in [3.8, 4) is 5.75 Å². The number of hydrogen-bond donors (Lipinski definition) is 2. The molecule has 0 spiro atoms. The molecule has 0 aliphatic heterocycles. The molecular weight excluding hydrogens is 324 g/mol. The Bertz CT molecular complexity index is 890. The molecule has 0 atom stereocenters. The molecule has 0 saturated heterocycles. The second-order valence-electron chi connectivity index (χ2n) is 3.83. The molecule has 0 bridgehead atoms. The summed E-state index contributed by atoms with van der Waals surface area (Å²) < 4.78 is 24.7. The highest BCUT2D eigenvalue weighted by atomic mass is 35.5. The summed E-state index contributed by atoms with van der Waals surface area (Å²) in [4.78, 5) is 22.0. The van der Waals surface area contributed by atoms with E-state index in [2.05, 4.69) is 5.10 Å². The summed E-state index contributed by atoms with van der Waals surface area (Å²) in [5, 5.41) is 21.4. The highest BCUT2D eigenvalue weighted by Gasteiger charge is 2.23. The van der Waals surface area contributed by atoms with Crippen LogP contribution in [0.25, 0.3) is 0 Å². The monoisotopic (exact) mass is 330 g/mol. The normalized spacial score (nSPS) is 11.3. The molecule has 0 unspecified atom stereocenters. The first-order chi connectivity index (χ1) is 9.73. The molecule has 110 valence electrons. The molecule has 21 heavy (non-hydrogen) atoms. The maximum atomic E-state index is 12.3. The van der Waals surface area contributed by atoms with Gasteiger partial charge in [-0.1, -0.05) is 11.6 Å². The van der Waals surface area contributed by atoms with Gasteiger partial charge in [0.25, 0.3) is 15.6 Å². The third-order valence-corrected chi connectivity index (χ3v) is 4.23. The van der Waals surface area contributed by atoms with Gasteiger partial charge < -0.3 is 10.2 Å². The van der Waals surface area contributed by atoms with Crippen molar-refractivity contribution in [1.29, 1.82) is 0 Å². The zero-order valence-electron chi connectivity index (χ0n) is 10.1. The predicted octanol–water partition coefficient (Wildman–Crippen LogP) is 0.537. The molecule has 1 aromatic carbocycles. The van der Waals surface area contributed by atoms with Gasteiger partial charge in [-0.15, -0.1) is 9.19 Å². The van der Waals surface area contributed by atoms with Crippen molar-refractivity contribution < 1.29 is 23.4 Å². The van der Waals surface area contributed by atoms with E-state index >= 15 is 0 Å². The summed E-state index contributed by atoms with van der Waals surface area (Å²) in [6.45, 7) is 0. The Morgan fingerprint density at radius 1 is 1.24 bits per heavy atom. The maximum absolute atomic E-state index is 12.3. The number of benzene rings is 1.